The lowest BCUT2D eigenvalue weighted by Crippen LogP contribution is -2.45. The lowest BCUT2D eigenvalue weighted by molar-refractivity contribution is -0.122. The second kappa shape index (κ2) is 8.68. The van der Waals surface area contributed by atoms with Gasteiger partial charge in [-0.1, -0.05) is 37.3 Å². The van der Waals surface area contributed by atoms with E-state index in [1.807, 2.05) is 37.3 Å². The minimum absolute atomic E-state index is 0.170. The van der Waals surface area contributed by atoms with Crippen LogP contribution in [0.25, 0.3) is 0 Å². The summed E-state index contributed by atoms with van der Waals surface area (Å²) in [5, 5.41) is 5.33. The van der Waals surface area contributed by atoms with E-state index in [1.54, 1.807) is 6.92 Å². The number of hydrogen-bond donors (Lipinski definition) is 2. The zero-order valence-electron chi connectivity index (χ0n) is 16.4. The molecular formula is C22H23N3O4. The molecule has 7 nitrogen and oxygen atoms in total. The lowest BCUT2D eigenvalue weighted by Gasteiger charge is -2.14. The molecule has 0 fully saturated rings. The number of carbonyl (C=O) groups excluding carboxylic acids is 4. The zero-order chi connectivity index (χ0) is 21.0. The van der Waals surface area contributed by atoms with Crippen molar-refractivity contribution in [3.05, 3.63) is 70.8 Å². The van der Waals surface area contributed by atoms with Crippen LogP contribution in [0.15, 0.2) is 48.5 Å². The topological polar surface area (TPSA) is 95.6 Å². The number of nitrogens with one attached hydrogen (secondary N) is 2. The Balaban J connectivity index is 1.74. The largest absolute Gasteiger partial charge is 0.354 e. The van der Waals surface area contributed by atoms with Gasteiger partial charge in [0.15, 0.2) is 0 Å². The maximum absolute atomic E-state index is 12.7. The number of amides is 4. The van der Waals surface area contributed by atoms with Gasteiger partial charge >= 0.3 is 0 Å². The van der Waals surface area contributed by atoms with Gasteiger partial charge in [-0.05, 0) is 37.1 Å². The van der Waals surface area contributed by atoms with Gasteiger partial charge in [-0.2, -0.15) is 0 Å². The summed E-state index contributed by atoms with van der Waals surface area (Å²) in [6, 6.07) is 12.9. The summed E-state index contributed by atoms with van der Waals surface area (Å²) >= 11 is 0. The first-order valence-corrected chi connectivity index (χ1v) is 9.55. The fourth-order valence-electron chi connectivity index (χ4n) is 3.09. The minimum atomic E-state index is -0.714. The predicted molar refractivity (Wildman–Crippen MR) is 107 cm³/mol. The van der Waals surface area contributed by atoms with Crippen LogP contribution in [0, 0.1) is 0 Å². The van der Waals surface area contributed by atoms with E-state index in [4.69, 9.17) is 0 Å². The van der Waals surface area contributed by atoms with Crippen molar-refractivity contribution in [1.29, 1.82) is 0 Å². The van der Waals surface area contributed by atoms with E-state index in [1.165, 1.54) is 23.1 Å². The molecule has 0 saturated heterocycles. The summed E-state index contributed by atoms with van der Waals surface area (Å²) in [5.41, 5.74) is 1.53. The Bertz CT molecular complexity index is 956. The molecule has 3 rings (SSSR count). The number of carbonyl (C=O) groups is 4. The Hall–Kier alpha value is -3.48. The maximum atomic E-state index is 12.7. The number of benzene rings is 2. The molecule has 0 saturated carbocycles. The Morgan fingerprint density at radius 3 is 2.38 bits per heavy atom. The molecule has 0 aliphatic carbocycles. The molecule has 4 amide bonds. The average Bonchev–Trinajstić information content (AvgIpc) is 2.97. The maximum Gasteiger partial charge on any atom is 0.261 e. The molecule has 1 aliphatic heterocycles. The fourth-order valence-corrected chi connectivity index (χ4v) is 3.09. The van der Waals surface area contributed by atoms with Gasteiger partial charge in [0.05, 0.1) is 17.7 Å². The van der Waals surface area contributed by atoms with E-state index in [0.29, 0.717) is 6.54 Å². The molecule has 0 spiro atoms. The van der Waals surface area contributed by atoms with Gasteiger partial charge in [0.25, 0.3) is 17.7 Å². The Morgan fingerprint density at radius 1 is 1.00 bits per heavy atom. The van der Waals surface area contributed by atoms with Crippen molar-refractivity contribution in [3.8, 4) is 0 Å². The summed E-state index contributed by atoms with van der Waals surface area (Å²) < 4.78 is 0. The van der Waals surface area contributed by atoms with E-state index in [0.717, 1.165) is 12.0 Å². The quantitative estimate of drug-likeness (QED) is 0.705. The van der Waals surface area contributed by atoms with Crippen LogP contribution in [0.5, 0.6) is 0 Å². The van der Waals surface area contributed by atoms with Gasteiger partial charge in [0.2, 0.25) is 5.91 Å². The van der Waals surface area contributed by atoms with Gasteiger partial charge in [-0.25, -0.2) is 0 Å². The van der Waals surface area contributed by atoms with Crippen molar-refractivity contribution < 1.29 is 19.2 Å². The smallest absolute Gasteiger partial charge is 0.261 e. The van der Waals surface area contributed by atoms with Crippen molar-refractivity contribution in [2.45, 2.75) is 32.9 Å². The summed E-state index contributed by atoms with van der Waals surface area (Å²) in [5.74, 6) is -1.57. The third-order valence-electron chi connectivity index (χ3n) is 4.71. The third kappa shape index (κ3) is 4.34. The molecule has 2 N–H and O–H groups in total. The first-order chi connectivity index (χ1) is 13.9. The monoisotopic (exact) mass is 393 g/mol. The molecule has 2 aromatic carbocycles. The van der Waals surface area contributed by atoms with Gasteiger partial charge in [0, 0.05) is 12.1 Å². The summed E-state index contributed by atoms with van der Waals surface area (Å²) in [6.45, 7) is 4.23. The van der Waals surface area contributed by atoms with E-state index in [9.17, 15) is 19.2 Å². The van der Waals surface area contributed by atoms with E-state index in [2.05, 4.69) is 10.6 Å². The average molecular weight is 393 g/mol. The first kappa shape index (κ1) is 20.3. The third-order valence-corrected chi connectivity index (χ3v) is 4.71. The molecule has 7 heteroatoms. The van der Waals surface area contributed by atoms with Gasteiger partial charge in [0.1, 0.15) is 6.04 Å². The van der Waals surface area contributed by atoms with E-state index >= 15 is 0 Å². The van der Waals surface area contributed by atoms with Crippen LogP contribution in [-0.4, -0.2) is 41.1 Å². The Kier molecular flexibility index (Phi) is 6.07. The van der Waals surface area contributed by atoms with Crippen molar-refractivity contribution in [2.24, 2.45) is 0 Å². The van der Waals surface area contributed by atoms with Crippen LogP contribution in [0.1, 0.15) is 56.9 Å². The highest BCUT2D eigenvalue weighted by Gasteiger charge is 2.36. The van der Waals surface area contributed by atoms with Crippen molar-refractivity contribution in [1.82, 2.24) is 15.5 Å². The molecular weight excluding hydrogens is 370 g/mol. The highest BCUT2D eigenvalue weighted by Crippen LogP contribution is 2.25. The lowest BCUT2D eigenvalue weighted by atomic mass is 10.0. The van der Waals surface area contributed by atoms with Crippen LogP contribution < -0.4 is 10.6 Å². The second-order valence-corrected chi connectivity index (χ2v) is 6.93. The summed E-state index contributed by atoms with van der Waals surface area (Å²) in [4.78, 5) is 51.0. The predicted octanol–water partition coefficient (Wildman–Crippen LogP) is 2.13. The molecule has 1 atom stereocenters. The van der Waals surface area contributed by atoms with Crippen molar-refractivity contribution in [2.75, 3.05) is 6.54 Å². The normalized spacial score (nSPS) is 13.8. The van der Waals surface area contributed by atoms with Gasteiger partial charge in [-0.15, -0.1) is 0 Å². The Labute approximate surface area is 169 Å². The van der Waals surface area contributed by atoms with Gasteiger partial charge < -0.3 is 10.6 Å². The molecule has 0 unspecified atom stereocenters. The van der Waals surface area contributed by atoms with Gasteiger partial charge in [-0.3, -0.25) is 24.1 Å². The first-order valence-electron chi connectivity index (χ1n) is 9.55. The standard InChI is InChI=1S/C22H23N3O4/c1-3-11-23-19(26)14(2)24-20(27)16-9-10-17-18(12-16)22(29)25(21(17)28)13-15-7-5-4-6-8-15/h4-10,12,14H,3,11,13H2,1-2H3,(H,23,26)(H,24,27)/t14-/m0/s1. The van der Waals surface area contributed by atoms with Crippen LogP contribution >= 0.6 is 0 Å². The number of hydrogen-bond acceptors (Lipinski definition) is 4. The fraction of sp³-hybridized carbons (Fsp3) is 0.273. The molecule has 1 aliphatic rings. The SMILES string of the molecule is CCCNC(=O)[C@H](C)NC(=O)c1ccc2c(c1)C(=O)N(Cc1ccccc1)C2=O. The molecule has 0 bridgehead atoms. The number of imide groups is 1. The minimum Gasteiger partial charge on any atom is -0.354 e. The molecule has 29 heavy (non-hydrogen) atoms. The summed E-state index contributed by atoms with van der Waals surface area (Å²) in [7, 11) is 0. The molecule has 2 aromatic rings. The zero-order valence-corrected chi connectivity index (χ0v) is 16.4. The van der Waals surface area contributed by atoms with Crippen LogP contribution in [0.4, 0.5) is 0 Å². The van der Waals surface area contributed by atoms with Crippen LogP contribution in [0.3, 0.4) is 0 Å². The summed E-state index contributed by atoms with van der Waals surface area (Å²) in [6.07, 6.45) is 0.798. The second-order valence-electron chi connectivity index (χ2n) is 6.93. The number of fused-ring (bicyclic) bond motifs is 1. The highest BCUT2D eigenvalue weighted by atomic mass is 16.2. The molecule has 1 heterocycles. The number of rotatable bonds is 7. The molecule has 0 radical (unpaired) electrons. The highest BCUT2D eigenvalue weighted by molar-refractivity contribution is 6.22. The Morgan fingerprint density at radius 2 is 1.69 bits per heavy atom. The van der Waals surface area contributed by atoms with Crippen molar-refractivity contribution in [3.63, 3.8) is 0 Å². The molecule has 0 aromatic heterocycles. The van der Waals surface area contributed by atoms with E-state index in [-0.39, 0.29) is 35.0 Å². The van der Waals surface area contributed by atoms with E-state index < -0.39 is 17.9 Å². The van der Waals surface area contributed by atoms with Crippen molar-refractivity contribution >= 4 is 23.6 Å². The molecule has 150 valence electrons. The van der Waals surface area contributed by atoms with Crippen LogP contribution in [-0.2, 0) is 11.3 Å². The van der Waals surface area contributed by atoms with Crippen LogP contribution in [0.2, 0.25) is 0 Å². The number of nitrogens with zero attached hydrogens (tertiary/aromatic N) is 1.